The van der Waals surface area contributed by atoms with Crippen LogP contribution in [0.25, 0.3) is 22.5 Å². The minimum atomic E-state index is -1.35. The predicted octanol–water partition coefficient (Wildman–Crippen LogP) is 4.93. The Kier molecular flexibility index (Phi) is 7.62. The van der Waals surface area contributed by atoms with Crippen LogP contribution in [0.4, 0.5) is 17.3 Å². The van der Waals surface area contributed by atoms with Gasteiger partial charge in [0, 0.05) is 42.1 Å². The molecule has 0 spiro atoms. The summed E-state index contributed by atoms with van der Waals surface area (Å²) in [6.45, 7) is 0.216. The first-order valence-electron chi connectivity index (χ1n) is 12.7. The lowest BCUT2D eigenvalue weighted by Crippen LogP contribution is -2.25. The molecule has 0 radical (unpaired) electrons. The monoisotopic (exact) mass is 576 g/mol. The number of carboxylic acids is 1. The van der Waals surface area contributed by atoms with Crippen molar-refractivity contribution in [2.75, 3.05) is 11.9 Å². The van der Waals surface area contributed by atoms with E-state index in [1.165, 1.54) is 48.5 Å². The van der Waals surface area contributed by atoms with Gasteiger partial charge in [0.25, 0.3) is 11.4 Å². The number of carboxylic acid groups (broad SMARTS) is 1. The maximum absolute atomic E-state index is 12.5. The number of nitrogens with zero attached hydrogens (tertiary/aromatic N) is 7. The van der Waals surface area contributed by atoms with Crippen LogP contribution < -0.4 is 5.32 Å². The number of aromatic carboxylic acids is 1. The molecule has 5 rings (SSSR count). The van der Waals surface area contributed by atoms with Crippen molar-refractivity contribution in [1.29, 1.82) is 5.26 Å². The molecular formula is C29H20N8O6. The maximum Gasteiger partial charge on any atom is 0.340 e. The van der Waals surface area contributed by atoms with Crippen LogP contribution in [-0.4, -0.2) is 48.6 Å². The number of nitriles is 1. The third-order valence-electron chi connectivity index (χ3n) is 6.70. The van der Waals surface area contributed by atoms with Gasteiger partial charge in [-0.15, -0.1) is 0 Å². The number of hydrogen-bond donors (Lipinski definition) is 2. The average molecular weight is 577 g/mol. The van der Waals surface area contributed by atoms with Crippen LogP contribution in [0.1, 0.15) is 28.0 Å². The molecule has 0 amide bonds. The van der Waals surface area contributed by atoms with E-state index in [1.54, 1.807) is 24.4 Å². The van der Waals surface area contributed by atoms with Gasteiger partial charge in [-0.25, -0.2) is 14.8 Å². The molecule has 212 valence electrons. The summed E-state index contributed by atoms with van der Waals surface area (Å²) >= 11 is 0. The van der Waals surface area contributed by atoms with Gasteiger partial charge in [-0.1, -0.05) is 24.3 Å². The number of nitrogens with one attached hydrogen (secondary N) is 1. The number of non-ortho nitro benzene ring substituents is 1. The van der Waals surface area contributed by atoms with Crippen molar-refractivity contribution in [1.82, 2.24) is 15.0 Å². The standard InChI is InChI=1S/C29H20N8O6/c30-16-18-5-7-19(8-6-18)25-24(27(38)39)26(20-3-1-4-21(15-20)36(40)41)35-28(34-25)31-14-12-29(11-2-13-33-29)23-10-9-22(17-32-23)37(42)43/h1-11,13,15,17H,12,14H2,(H,38,39)(H,31,34,35). The van der Waals surface area contributed by atoms with Crippen LogP contribution in [0, 0.1) is 31.6 Å². The highest BCUT2D eigenvalue weighted by molar-refractivity contribution is 6.01. The van der Waals surface area contributed by atoms with Gasteiger partial charge >= 0.3 is 5.97 Å². The fraction of sp³-hybridized carbons (Fsp3) is 0.103. The summed E-state index contributed by atoms with van der Waals surface area (Å²) < 4.78 is 0. The van der Waals surface area contributed by atoms with E-state index in [-0.39, 0.29) is 46.4 Å². The number of nitro groups is 2. The molecule has 0 saturated carbocycles. The molecule has 0 saturated heterocycles. The Hall–Kier alpha value is -6.36. The number of anilines is 1. The van der Waals surface area contributed by atoms with Gasteiger partial charge in [0.05, 0.1) is 38.6 Å². The molecule has 2 aromatic heterocycles. The van der Waals surface area contributed by atoms with E-state index in [9.17, 15) is 35.4 Å². The van der Waals surface area contributed by atoms with Gasteiger partial charge in [0.2, 0.25) is 5.95 Å². The lowest BCUT2D eigenvalue weighted by Gasteiger charge is -2.24. The number of rotatable bonds is 10. The first-order chi connectivity index (χ1) is 20.7. The van der Waals surface area contributed by atoms with E-state index in [2.05, 4.69) is 25.3 Å². The van der Waals surface area contributed by atoms with Crippen molar-refractivity contribution in [3.8, 4) is 28.6 Å². The highest BCUT2D eigenvalue weighted by atomic mass is 16.6. The minimum Gasteiger partial charge on any atom is -0.478 e. The Morgan fingerprint density at radius 3 is 2.28 bits per heavy atom. The number of benzene rings is 2. The summed E-state index contributed by atoms with van der Waals surface area (Å²) in [5.74, 6) is -1.30. The van der Waals surface area contributed by atoms with Crippen LogP contribution in [0.3, 0.4) is 0 Å². The molecule has 0 bridgehead atoms. The Morgan fingerprint density at radius 2 is 1.70 bits per heavy atom. The number of aliphatic imine (C=N–C) groups is 1. The summed E-state index contributed by atoms with van der Waals surface area (Å²) in [5.41, 5.74) is -0.146. The number of pyridine rings is 1. The third kappa shape index (κ3) is 5.77. The van der Waals surface area contributed by atoms with Crippen LogP contribution in [0.5, 0.6) is 0 Å². The van der Waals surface area contributed by atoms with Crippen LogP contribution in [0.15, 0.2) is 84.0 Å². The molecular weight excluding hydrogens is 556 g/mol. The number of hydrogen-bond acceptors (Lipinski definition) is 11. The molecule has 1 aliphatic heterocycles. The lowest BCUT2D eigenvalue weighted by atomic mass is 9.92. The Balaban J connectivity index is 1.54. The second-order valence-corrected chi connectivity index (χ2v) is 9.32. The zero-order valence-electron chi connectivity index (χ0n) is 22.1. The predicted molar refractivity (Wildman–Crippen MR) is 155 cm³/mol. The lowest BCUT2D eigenvalue weighted by molar-refractivity contribution is -0.385. The fourth-order valence-electron chi connectivity index (χ4n) is 4.59. The zero-order chi connectivity index (χ0) is 30.6. The highest BCUT2D eigenvalue weighted by Gasteiger charge is 2.32. The molecule has 1 atom stereocenters. The Labute approximate surface area is 243 Å². The normalized spacial score (nSPS) is 15.1. The number of carbonyl (C=O) groups is 1. The fourth-order valence-corrected chi connectivity index (χ4v) is 4.59. The van der Waals surface area contributed by atoms with E-state index in [4.69, 9.17) is 0 Å². The van der Waals surface area contributed by atoms with Crippen LogP contribution in [0.2, 0.25) is 0 Å². The van der Waals surface area contributed by atoms with Gasteiger partial charge in [-0.2, -0.15) is 5.26 Å². The third-order valence-corrected chi connectivity index (χ3v) is 6.70. The summed E-state index contributed by atoms with van der Waals surface area (Å²) in [4.78, 5) is 51.6. The smallest absolute Gasteiger partial charge is 0.340 e. The van der Waals surface area contributed by atoms with Gasteiger partial charge in [-0.3, -0.25) is 30.2 Å². The molecule has 0 fully saturated rings. The average Bonchev–Trinajstić information content (AvgIpc) is 3.50. The zero-order valence-corrected chi connectivity index (χ0v) is 22.1. The maximum atomic E-state index is 12.5. The van der Waals surface area contributed by atoms with Gasteiger partial charge < -0.3 is 10.4 Å². The molecule has 14 heteroatoms. The number of allylic oxidation sites excluding steroid dienone is 1. The van der Waals surface area contributed by atoms with Crippen molar-refractivity contribution in [2.24, 2.45) is 4.99 Å². The largest absolute Gasteiger partial charge is 0.478 e. The van der Waals surface area contributed by atoms with Gasteiger partial charge in [0.15, 0.2) is 0 Å². The highest BCUT2D eigenvalue weighted by Crippen LogP contribution is 2.35. The molecule has 1 unspecified atom stereocenters. The quantitative estimate of drug-likeness (QED) is 0.191. The van der Waals surface area contributed by atoms with Crippen molar-refractivity contribution in [2.45, 2.75) is 12.0 Å². The number of aromatic nitrogens is 3. The molecule has 14 nitrogen and oxygen atoms in total. The molecule has 0 aliphatic carbocycles. The van der Waals surface area contributed by atoms with Crippen LogP contribution >= 0.6 is 0 Å². The van der Waals surface area contributed by atoms with Crippen molar-refractivity contribution < 1.29 is 19.7 Å². The van der Waals surface area contributed by atoms with Crippen LogP contribution in [-0.2, 0) is 5.54 Å². The minimum absolute atomic E-state index is 0.0430. The topological polar surface area (TPSA) is 210 Å². The SMILES string of the molecule is N#Cc1ccc(-c2nc(NCCC3(c4ccc([N+](=O)[O-])cn4)C=CC=N3)nc(-c3cccc([N+](=O)[O-])c3)c2C(=O)O)cc1. The summed E-state index contributed by atoms with van der Waals surface area (Å²) in [6.07, 6.45) is 6.64. The van der Waals surface area contributed by atoms with Gasteiger partial charge in [-0.05, 0) is 36.8 Å². The van der Waals surface area contributed by atoms with E-state index >= 15 is 0 Å². The van der Waals surface area contributed by atoms with E-state index < -0.39 is 21.4 Å². The first-order valence-corrected chi connectivity index (χ1v) is 12.7. The van der Waals surface area contributed by atoms with Crippen molar-refractivity contribution >= 4 is 29.5 Å². The van der Waals surface area contributed by atoms with Crippen molar-refractivity contribution in [3.63, 3.8) is 0 Å². The number of nitro benzene ring substituents is 1. The molecule has 1 aliphatic rings. The molecule has 3 heterocycles. The first kappa shape index (κ1) is 28.2. The second-order valence-electron chi connectivity index (χ2n) is 9.32. The van der Waals surface area contributed by atoms with E-state index in [1.807, 2.05) is 12.1 Å². The molecule has 2 N–H and O–H groups in total. The summed E-state index contributed by atoms with van der Waals surface area (Å²) in [5, 5.41) is 45.0. The summed E-state index contributed by atoms with van der Waals surface area (Å²) in [7, 11) is 0. The summed E-state index contributed by atoms with van der Waals surface area (Å²) in [6, 6.07) is 16.5. The molecule has 2 aromatic carbocycles. The Bertz CT molecular complexity index is 1830. The molecule has 43 heavy (non-hydrogen) atoms. The molecule has 4 aromatic rings. The van der Waals surface area contributed by atoms with Crippen molar-refractivity contribution in [3.05, 3.63) is 116 Å². The second kappa shape index (κ2) is 11.6. The van der Waals surface area contributed by atoms with Gasteiger partial charge in [0.1, 0.15) is 17.3 Å². The van der Waals surface area contributed by atoms with E-state index in [0.29, 0.717) is 23.2 Å². The van der Waals surface area contributed by atoms with E-state index in [0.717, 1.165) is 6.20 Å². The Morgan fingerprint density at radius 1 is 0.977 bits per heavy atom.